The van der Waals surface area contributed by atoms with E-state index in [-0.39, 0.29) is 24.0 Å². The molecule has 2 aromatic heterocycles. The van der Waals surface area contributed by atoms with Gasteiger partial charge in [0.25, 0.3) is 0 Å². The number of nitrogens with one attached hydrogen (secondary N) is 1. The van der Waals surface area contributed by atoms with E-state index in [0.717, 1.165) is 70.2 Å². The van der Waals surface area contributed by atoms with Crippen molar-refractivity contribution in [3.63, 3.8) is 0 Å². The average molecular weight is 800 g/mol. The molecule has 270 valence electrons. The van der Waals surface area contributed by atoms with Crippen molar-refractivity contribution in [1.82, 2.24) is 4.40 Å². The SMILES string of the molecule is COC(=O)CC1COc2c(cc3c4c2CCCN4CCC3)-c2c(NC(C)(C)C)n3c(-c4ccc(Br)cc4)c(C)sc3[n+]21.O=S(=O)([O-])C(F)(F)F. The molecule has 5 heterocycles. The maximum absolute atomic E-state index is 12.8. The molecule has 0 amide bonds. The van der Waals surface area contributed by atoms with Gasteiger partial charge in [0.2, 0.25) is 11.5 Å². The zero-order valence-electron chi connectivity index (χ0n) is 28.2. The Kier molecular flexibility index (Phi) is 9.72. The summed E-state index contributed by atoms with van der Waals surface area (Å²) in [5.41, 5.74) is 2.83. The number of rotatable bonds is 4. The van der Waals surface area contributed by atoms with Crippen LogP contribution in [0, 0.1) is 6.92 Å². The van der Waals surface area contributed by atoms with Crippen molar-refractivity contribution in [2.24, 2.45) is 0 Å². The molecular weight excluding hydrogens is 761 g/mol. The fourth-order valence-corrected chi connectivity index (χ4v) is 8.48. The van der Waals surface area contributed by atoms with Crippen LogP contribution >= 0.6 is 27.3 Å². The second kappa shape index (κ2) is 13.3. The third-order valence-electron chi connectivity index (χ3n) is 8.92. The molecule has 50 heavy (non-hydrogen) atoms. The number of aromatic nitrogens is 2. The van der Waals surface area contributed by atoms with E-state index in [2.05, 4.69) is 93.1 Å². The molecule has 3 aliphatic heterocycles. The monoisotopic (exact) mass is 798 g/mol. The van der Waals surface area contributed by atoms with Gasteiger partial charge in [0.15, 0.2) is 15.8 Å². The fourth-order valence-electron chi connectivity index (χ4n) is 7.02. The lowest BCUT2D eigenvalue weighted by atomic mass is 9.88. The molecule has 0 saturated carbocycles. The lowest BCUT2D eigenvalue weighted by Crippen LogP contribution is -2.43. The van der Waals surface area contributed by atoms with Crippen LogP contribution in [-0.4, -0.2) is 61.2 Å². The Labute approximate surface area is 301 Å². The molecule has 2 aromatic carbocycles. The maximum atomic E-state index is 12.8. The minimum atomic E-state index is -6.09. The van der Waals surface area contributed by atoms with Crippen LogP contribution in [-0.2, 0) is 32.5 Å². The van der Waals surface area contributed by atoms with Crippen molar-refractivity contribution in [1.29, 1.82) is 0 Å². The zero-order chi connectivity index (χ0) is 36.3. The summed E-state index contributed by atoms with van der Waals surface area (Å²) in [6.07, 6.45) is 4.62. The second-order valence-corrected chi connectivity index (χ2v) is 17.1. The number of carbonyl (C=O) groups is 1. The number of ether oxygens (including phenoxy) is 2. The van der Waals surface area contributed by atoms with Gasteiger partial charge in [-0.2, -0.15) is 17.6 Å². The van der Waals surface area contributed by atoms with Gasteiger partial charge in [0, 0.05) is 39.9 Å². The minimum Gasteiger partial charge on any atom is -0.741 e. The summed E-state index contributed by atoms with van der Waals surface area (Å²) >= 11 is 5.38. The van der Waals surface area contributed by atoms with Crippen LogP contribution in [0.25, 0.3) is 27.5 Å². The maximum Gasteiger partial charge on any atom is 0.485 e. The lowest BCUT2D eigenvalue weighted by Gasteiger charge is -2.38. The van der Waals surface area contributed by atoms with Gasteiger partial charge in [0.05, 0.1) is 24.0 Å². The van der Waals surface area contributed by atoms with Crippen LogP contribution in [0.3, 0.4) is 0 Å². The summed E-state index contributed by atoms with van der Waals surface area (Å²) < 4.78 is 76.7. The number of imidazole rings is 1. The summed E-state index contributed by atoms with van der Waals surface area (Å²) in [4.78, 5) is 17.7. The quantitative estimate of drug-likeness (QED) is 0.100. The molecule has 16 heteroatoms. The smallest absolute Gasteiger partial charge is 0.485 e. The van der Waals surface area contributed by atoms with Gasteiger partial charge >= 0.3 is 16.4 Å². The third kappa shape index (κ3) is 6.83. The van der Waals surface area contributed by atoms with Crippen LogP contribution in [0.5, 0.6) is 5.75 Å². The summed E-state index contributed by atoms with van der Waals surface area (Å²) in [7, 11) is -4.62. The number of thiazole rings is 1. The number of methoxy groups -OCH3 is 1. The molecule has 1 N–H and O–H groups in total. The highest BCUT2D eigenvalue weighted by Crippen LogP contribution is 2.50. The standard InChI is InChI=1S/C33H38BrN4O3S.CHF3O3S/c1-19-27(20-10-12-22(34)13-11-20)38-31(35-33(2,3)4)29-25-16-21-8-6-14-36-15-7-9-24(28(21)36)30(25)41-18-23(17-26(39)40-5)37(29)32(38)42-19;2-1(3,4)8(5,6)7/h10-13,16,23,35H,6-9,14-15,17-18H2,1-5H3;(H,5,6,7)/q+1;/p-1. The topological polar surface area (TPSA) is 116 Å². The Morgan fingerprint density at radius 3 is 2.40 bits per heavy atom. The average Bonchev–Trinajstić information content (AvgIpc) is 3.45. The van der Waals surface area contributed by atoms with E-state index in [9.17, 15) is 18.0 Å². The molecule has 0 aliphatic carbocycles. The molecule has 0 spiro atoms. The zero-order valence-corrected chi connectivity index (χ0v) is 31.5. The minimum absolute atomic E-state index is 0.208. The molecule has 0 bridgehead atoms. The van der Waals surface area contributed by atoms with E-state index in [1.807, 2.05) is 0 Å². The number of fused-ring (bicyclic) bond motifs is 6. The first-order valence-electron chi connectivity index (χ1n) is 16.2. The van der Waals surface area contributed by atoms with Crippen LogP contribution in [0.15, 0.2) is 34.8 Å². The van der Waals surface area contributed by atoms with Crippen LogP contribution < -0.4 is 19.5 Å². The Morgan fingerprint density at radius 1 is 1.16 bits per heavy atom. The number of alkyl halides is 3. The van der Waals surface area contributed by atoms with E-state index in [4.69, 9.17) is 22.4 Å². The van der Waals surface area contributed by atoms with Gasteiger partial charge in [-0.05, 0) is 89.3 Å². The summed E-state index contributed by atoms with van der Waals surface area (Å²) in [5.74, 6) is 1.79. The van der Waals surface area contributed by atoms with Crippen LogP contribution in [0.2, 0.25) is 0 Å². The molecular formula is C34H38BrF3N4O6S2. The molecule has 0 radical (unpaired) electrons. The number of aryl methyl sites for hydroxylation is 2. The van der Waals surface area contributed by atoms with Crippen LogP contribution in [0.1, 0.15) is 62.1 Å². The van der Waals surface area contributed by atoms with E-state index < -0.39 is 15.6 Å². The fraction of sp³-hybridized carbons (Fsp3) is 0.471. The molecule has 7 rings (SSSR count). The van der Waals surface area contributed by atoms with Gasteiger partial charge in [-0.15, -0.1) is 0 Å². The largest absolute Gasteiger partial charge is 0.741 e. The van der Waals surface area contributed by atoms with Crippen LogP contribution in [0.4, 0.5) is 24.7 Å². The molecule has 1 atom stereocenters. The molecule has 3 aliphatic rings. The highest BCUT2D eigenvalue weighted by molar-refractivity contribution is 9.10. The molecule has 0 saturated heterocycles. The van der Waals surface area contributed by atoms with Gasteiger partial charge < -0.3 is 24.2 Å². The van der Waals surface area contributed by atoms with Gasteiger partial charge in [-0.3, -0.25) is 4.79 Å². The van der Waals surface area contributed by atoms with E-state index >= 15 is 0 Å². The number of esters is 1. The van der Waals surface area contributed by atoms with E-state index in [1.54, 1.807) is 11.3 Å². The van der Waals surface area contributed by atoms with E-state index in [0.29, 0.717) is 6.61 Å². The number of hydrogen-bond donors (Lipinski definition) is 1. The highest BCUT2D eigenvalue weighted by atomic mass is 79.9. The molecule has 4 aromatic rings. The summed E-state index contributed by atoms with van der Waals surface area (Å²) in [6.45, 7) is 11.4. The van der Waals surface area contributed by atoms with Gasteiger partial charge in [0.1, 0.15) is 18.4 Å². The van der Waals surface area contributed by atoms with E-state index in [1.165, 1.54) is 40.9 Å². The molecule has 0 fully saturated rings. The second-order valence-electron chi connectivity index (χ2n) is 13.7. The number of carbonyl (C=O) groups excluding carboxylic acids is 1. The number of halogens is 4. The summed E-state index contributed by atoms with van der Waals surface area (Å²) in [6, 6.07) is 10.7. The number of hydrogen-bond acceptors (Lipinski definition) is 9. The van der Waals surface area contributed by atoms with Crippen molar-refractivity contribution in [2.75, 3.05) is 37.0 Å². The van der Waals surface area contributed by atoms with Crippen molar-refractivity contribution < 1.29 is 45.0 Å². The number of benzene rings is 2. The Bertz CT molecular complexity index is 2070. The predicted molar refractivity (Wildman–Crippen MR) is 188 cm³/mol. The van der Waals surface area contributed by atoms with Gasteiger partial charge in [-0.1, -0.05) is 27.3 Å². The predicted octanol–water partition coefficient (Wildman–Crippen LogP) is 7.15. The molecule has 10 nitrogen and oxygen atoms in total. The summed E-state index contributed by atoms with van der Waals surface area (Å²) in [5, 5.41) is 3.92. The third-order valence-corrected chi connectivity index (χ3v) is 11.1. The first-order chi connectivity index (χ1) is 23.4. The Morgan fingerprint density at radius 2 is 1.80 bits per heavy atom. The van der Waals surface area contributed by atoms with Crippen molar-refractivity contribution in [3.05, 3.63) is 50.8 Å². The van der Waals surface area contributed by atoms with Crippen molar-refractivity contribution in [2.45, 2.75) is 76.9 Å². The lowest BCUT2D eigenvalue weighted by molar-refractivity contribution is -0.684. The Hall–Kier alpha value is -3.34. The molecule has 1 unspecified atom stereocenters. The highest BCUT2D eigenvalue weighted by Gasteiger charge is 2.43. The number of anilines is 2. The van der Waals surface area contributed by atoms with Gasteiger partial charge in [-0.25, -0.2) is 13.0 Å². The van der Waals surface area contributed by atoms with Crippen molar-refractivity contribution >= 4 is 59.8 Å². The normalized spacial score (nSPS) is 17.1. The Balaban J connectivity index is 0.000000485. The number of nitrogens with zero attached hydrogens (tertiary/aromatic N) is 3. The van der Waals surface area contributed by atoms with Crippen molar-refractivity contribution in [3.8, 4) is 28.3 Å². The first kappa shape index (κ1) is 36.5. The first-order valence-corrected chi connectivity index (χ1v) is 19.2.